The van der Waals surface area contributed by atoms with Crippen molar-refractivity contribution < 1.29 is 22.3 Å². The van der Waals surface area contributed by atoms with Crippen LogP contribution in [0, 0.1) is 5.82 Å². The number of nitrogens with one attached hydrogen (secondary N) is 1. The normalized spacial score (nSPS) is 19.9. The van der Waals surface area contributed by atoms with Crippen LogP contribution in [0.15, 0.2) is 53.9 Å². The zero-order valence-corrected chi connectivity index (χ0v) is 24.6. The molecule has 0 radical (unpaired) electrons. The van der Waals surface area contributed by atoms with Crippen molar-refractivity contribution in [2.45, 2.75) is 48.6 Å². The van der Waals surface area contributed by atoms with Crippen molar-refractivity contribution in [3.63, 3.8) is 0 Å². The predicted octanol–water partition coefficient (Wildman–Crippen LogP) is 3.26. The van der Waals surface area contributed by atoms with Crippen LogP contribution in [0.1, 0.15) is 47.9 Å². The monoisotopic (exact) mass is 617 g/mol. The van der Waals surface area contributed by atoms with E-state index in [1.54, 1.807) is 36.7 Å². The zero-order chi connectivity index (χ0) is 30.7. The third-order valence-corrected chi connectivity index (χ3v) is 9.69. The van der Waals surface area contributed by atoms with E-state index in [2.05, 4.69) is 25.3 Å². The minimum atomic E-state index is -3.79. The molecule has 2 bridgehead atoms. The topological polar surface area (TPSA) is 174 Å². The van der Waals surface area contributed by atoms with E-state index in [1.165, 1.54) is 24.0 Å². The van der Waals surface area contributed by atoms with Gasteiger partial charge in [-0.05, 0) is 43.9 Å². The van der Waals surface area contributed by atoms with Crippen molar-refractivity contribution >= 4 is 27.2 Å². The first-order valence-electron chi connectivity index (χ1n) is 14.0. The second kappa shape index (κ2) is 10.4. The third kappa shape index (κ3) is 4.54. The van der Waals surface area contributed by atoms with Crippen LogP contribution in [-0.4, -0.2) is 79.4 Å². The molecule has 3 N–H and O–H groups in total. The molecule has 1 amide bonds. The maximum Gasteiger partial charge on any atom is 0.292 e. The van der Waals surface area contributed by atoms with Crippen molar-refractivity contribution in [2.75, 3.05) is 19.1 Å². The van der Waals surface area contributed by atoms with Crippen molar-refractivity contribution in [3.8, 4) is 28.1 Å². The van der Waals surface area contributed by atoms with Crippen LogP contribution < -0.4 is 10.5 Å². The molecule has 44 heavy (non-hydrogen) atoms. The van der Waals surface area contributed by atoms with Crippen LogP contribution in [0.2, 0.25) is 0 Å². The molecule has 2 fully saturated rings. The van der Waals surface area contributed by atoms with Gasteiger partial charge in [-0.15, -0.1) is 10.2 Å². The number of benzene rings is 1. The first kappa shape index (κ1) is 27.9. The summed E-state index contributed by atoms with van der Waals surface area (Å²) in [5.74, 6) is -0.388. The summed E-state index contributed by atoms with van der Waals surface area (Å²) in [7, 11) is -2.32. The van der Waals surface area contributed by atoms with Gasteiger partial charge in [-0.25, -0.2) is 17.8 Å². The summed E-state index contributed by atoms with van der Waals surface area (Å²) in [4.78, 5) is 27.1. The largest absolute Gasteiger partial charge is 0.497 e. The van der Waals surface area contributed by atoms with Crippen molar-refractivity contribution in [2.24, 2.45) is 0 Å². The first-order valence-corrected chi connectivity index (χ1v) is 15.9. The highest BCUT2D eigenvalue weighted by molar-refractivity contribution is 7.91. The number of fused-ring (bicyclic) bond motifs is 3. The molecule has 2 unspecified atom stereocenters. The molecule has 4 aromatic heterocycles. The van der Waals surface area contributed by atoms with Gasteiger partial charge >= 0.3 is 0 Å². The molecule has 15 heteroatoms. The molecule has 7 rings (SSSR count). The Kier molecular flexibility index (Phi) is 6.57. The number of rotatable bonds is 6. The number of aromatic nitrogens is 7. The van der Waals surface area contributed by atoms with E-state index in [1.807, 2.05) is 4.90 Å². The number of nitrogen functional groups attached to an aromatic ring is 1. The maximum absolute atomic E-state index is 14.7. The first-order chi connectivity index (χ1) is 21.1. The van der Waals surface area contributed by atoms with Crippen molar-refractivity contribution in [3.05, 3.63) is 66.4 Å². The van der Waals surface area contributed by atoms with Crippen LogP contribution in [0.3, 0.4) is 0 Å². The van der Waals surface area contributed by atoms with E-state index in [9.17, 15) is 17.6 Å². The summed E-state index contributed by atoms with van der Waals surface area (Å²) in [6.07, 6.45) is 8.25. The Labute approximate surface area is 251 Å². The number of methoxy groups -OCH3 is 1. The molecule has 13 nitrogen and oxygen atoms in total. The summed E-state index contributed by atoms with van der Waals surface area (Å²) >= 11 is 0. The van der Waals surface area contributed by atoms with Crippen LogP contribution in [0.5, 0.6) is 5.75 Å². The molecule has 226 valence electrons. The second-order valence-corrected chi connectivity index (χ2v) is 13.1. The predicted molar refractivity (Wildman–Crippen MR) is 157 cm³/mol. The number of halogens is 1. The lowest BCUT2D eigenvalue weighted by molar-refractivity contribution is 0.0556. The molecular weight excluding hydrogens is 589 g/mol. The number of sulfone groups is 1. The van der Waals surface area contributed by atoms with Crippen LogP contribution in [-0.2, 0) is 9.84 Å². The lowest BCUT2D eigenvalue weighted by Gasteiger charge is -2.38. The van der Waals surface area contributed by atoms with E-state index in [0.717, 1.165) is 19.1 Å². The molecule has 2 aliphatic heterocycles. The average Bonchev–Trinajstić information content (AvgIpc) is 3.75. The number of hydrogen-bond acceptors (Lipinski definition) is 10. The molecular formula is C29H28FN9O4S. The smallest absolute Gasteiger partial charge is 0.292 e. The van der Waals surface area contributed by atoms with Crippen molar-refractivity contribution in [1.29, 1.82) is 0 Å². The van der Waals surface area contributed by atoms with Gasteiger partial charge in [0.15, 0.2) is 15.5 Å². The fourth-order valence-corrected chi connectivity index (χ4v) is 7.64. The van der Waals surface area contributed by atoms with Gasteiger partial charge in [-0.1, -0.05) is 6.07 Å². The standard InChI is InChI=1S/C29H28FN9O4S/c1-43-19-6-7-20(22(30)11-19)23-8-3-15(12-32-23)21-13-35-39-26(31)25(44(2,41)42)24(36-28(21)39)16-9-17-4-5-18(10-16)38(17)29(40)27-33-14-34-37-27/h3,6-8,11-14,16-18H,4-5,9-10,31H2,1-2H3,(H,33,34,37). The van der Waals surface area contributed by atoms with E-state index in [4.69, 9.17) is 15.5 Å². The van der Waals surface area contributed by atoms with Crippen LogP contribution in [0.4, 0.5) is 10.2 Å². The second-order valence-electron chi connectivity index (χ2n) is 11.2. The number of piperidine rings is 1. The number of amides is 1. The fourth-order valence-electron chi connectivity index (χ4n) is 6.59. The number of carbonyl (C=O) groups is 1. The minimum absolute atomic E-state index is 0.0313. The highest BCUT2D eigenvalue weighted by Crippen LogP contribution is 2.45. The highest BCUT2D eigenvalue weighted by atomic mass is 32.2. The molecule has 2 atom stereocenters. The van der Waals surface area contributed by atoms with E-state index >= 15 is 0 Å². The lowest BCUT2D eigenvalue weighted by Crippen LogP contribution is -2.46. The Morgan fingerprint density at radius 1 is 1.11 bits per heavy atom. The number of anilines is 1. The van der Waals surface area contributed by atoms with Gasteiger partial charge < -0.3 is 20.4 Å². The van der Waals surface area contributed by atoms with E-state index in [0.29, 0.717) is 52.3 Å². The number of carbonyl (C=O) groups excluding carboxylic acids is 1. The molecule has 2 aliphatic rings. The summed E-state index contributed by atoms with van der Waals surface area (Å²) in [6, 6.07) is 7.81. The summed E-state index contributed by atoms with van der Waals surface area (Å²) in [5.41, 5.74) is 9.24. The number of nitrogens with zero attached hydrogens (tertiary/aromatic N) is 7. The van der Waals surface area contributed by atoms with Gasteiger partial charge in [0, 0.05) is 53.2 Å². The summed E-state index contributed by atoms with van der Waals surface area (Å²) in [6.45, 7) is 0. The Bertz CT molecular complexity index is 2000. The Morgan fingerprint density at radius 2 is 1.89 bits per heavy atom. The number of aromatic amines is 1. The van der Waals surface area contributed by atoms with E-state index < -0.39 is 15.7 Å². The molecule has 6 heterocycles. The number of ether oxygens (including phenoxy) is 1. The Morgan fingerprint density at radius 3 is 2.50 bits per heavy atom. The van der Waals surface area contributed by atoms with Gasteiger partial charge in [0.25, 0.3) is 5.91 Å². The Balaban J connectivity index is 1.27. The van der Waals surface area contributed by atoms with E-state index in [-0.39, 0.29) is 40.4 Å². The molecule has 1 aromatic carbocycles. The third-order valence-electron chi connectivity index (χ3n) is 8.53. The summed E-state index contributed by atoms with van der Waals surface area (Å²) in [5, 5.41) is 12.0. The number of hydrogen-bond donors (Lipinski definition) is 2. The SMILES string of the molecule is COc1ccc(-c2ccc(-c3cnn4c(N)c(S(C)(=O)=O)c(C5CC6CCC(C5)N6C(=O)c5nnc[nH]5)nc34)cn2)c(F)c1. The van der Waals surface area contributed by atoms with Gasteiger partial charge in [0.2, 0.25) is 5.82 Å². The van der Waals surface area contributed by atoms with Gasteiger partial charge in [-0.3, -0.25) is 9.78 Å². The molecule has 0 aliphatic carbocycles. The lowest BCUT2D eigenvalue weighted by atomic mass is 9.87. The average molecular weight is 618 g/mol. The molecule has 0 spiro atoms. The van der Waals surface area contributed by atoms with Crippen LogP contribution >= 0.6 is 0 Å². The number of pyridine rings is 1. The molecule has 5 aromatic rings. The molecule has 0 saturated carbocycles. The number of H-pyrrole nitrogens is 1. The fraction of sp³-hybridized carbons (Fsp3) is 0.310. The molecule has 2 saturated heterocycles. The van der Waals surface area contributed by atoms with Crippen molar-refractivity contribution in [1.82, 2.24) is 39.7 Å². The van der Waals surface area contributed by atoms with Crippen LogP contribution in [0.25, 0.3) is 28.0 Å². The summed E-state index contributed by atoms with van der Waals surface area (Å²) < 4.78 is 47.3. The zero-order valence-electron chi connectivity index (χ0n) is 23.8. The minimum Gasteiger partial charge on any atom is -0.497 e. The van der Waals surface area contributed by atoms with Gasteiger partial charge in [0.05, 0.1) is 24.7 Å². The number of nitrogens with two attached hydrogens (primary N) is 1. The highest BCUT2D eigenvalue weighted by Gasteiger charge is 2.46. The Hall–Kier alpha value is -4.92. The van der Waals surface area contributed by atoms with Gasteiger partial charge in [-0.2, -0.15) is 9.61 Å². The van der Waals surface area contributed by atoms with Gasteiger partial charge in [0.1, 0.15) is 28.6 Å². The quantitative estimate of drug-likeness (QED) is 0.288. The maximum atomic E-state index is 14.7.